The Bertz CT molecular complexity index is 603. The largest absolute Gasteiger partial charge is 0.481 e. The molecular formula is C40H84O10. The van der Waals surface area contributed by atoms with Crippen molar-refractivity contribution in [2.75, 3.05) is 26.4 Å². The standard InChI is InChI=1S/C18H36O2.C16H32O2.2C3H8O3/c1-2-3-4-5-6-7-8-9-10-11-12-13-14-15-16-17-18(19)20;1-2-3-4-5-6-7-8-9-10-11-12-13-14-15-16(17)18;2*4-1-3(6)2-5/h2-17H2,1H3,(H,19,20);2-15H2,1H3,(H,17,18);2*3-6H,1-2H2. The third-order valence-corrected chi connectivity index (χ3v) is 8.33. The highest BCUT2D eigenvalue weighted by molar-refractivity contribution is 5.66. The number of carboxylic acid groups (broad SMARTS) is 2. The molecule has 304 valence electrons. The van der Waals surface area contributed by atoms with Crippen molar-refractivity contribution in [1.29, 1.82) is 0 Å². The van der Waals surface area contributed by atoms with Crippen LogP contribution in [-0.2, 0) is 9.59 Å². The van der Waals surface area contributed by atoms with E-state index in [-0.39, 0.29) is 26.4 Å². The van der Waals surface area contributed by atoms with E-state index in [1.165, 1.54) is 154 Å². The van der Waals surface area contributed by atoms with E-state index in [4.69, 9.17) is 40.9 Å². The molecule has 0 atom stereocenters. The van der Waals surface area contributed by atoms with Crippen LogP contribution in [0.1, 0.15) is 206 Å². The van der Waals surface area contributed by atoms with Gasteiger partial charge >= 0.3 is 11.9 Å². The summed E-state index contributed by atoms with van der Waals surface area (Å²) < 4.78 is 0. The van der Waals surface area contributed by atoms with Crippen LogP contribution >= 0.6 is 0 Å². The van der Waals surface area contributed by atoms with Crippen molar-refractivity contribution in [3.63, 3.8) is 0 Å². The van der Waals surface area contributed by atoms with Crippen molar-refractivity contribution in [2.24, 2.45) is 0 Å². The van der Waals surface area contributed by atoms with Gasteiger partial charge in [-0.05, 0) is 12.8 Å². The van der Waals surface area contributed by atoms with Crippen LogP contribution in [0.25, 0.3) is 0 Å². The fraction of sp³-hybridized carbons (Fsp3) is 0.950. The second-order valence-electron chi connectivity index (χ2n) is 13.5. The van der Waals surface area contributed by atoms with Crippen molar-refractivity contribution in [1.82, 2.24) is 0 Å². The van der Waals surface area contributed by atoms with E-state index in [1.807, 2.05) is 0 Å². The Kier molecular flexibility index (Phi) is 57.7. The molecule has 0 aliphatic heterocycles. The van der Waals surface area contributed by atoms with E-state index >= 15 is 0 Å². The molecule has 0 aliphatic rings. The zero-order chi connectivity index (χ0) is 38.4. The molecule has 0 heterocycles. The summed E-state index contributed by atoms with van der Waals surface area (Å²) in [6.45, 7) is 3.07. The number of unbranched alkanes of at least 4 members (excludes halogenated alkanes) is 26. The lowest BCUT2D eigenvalue weighted by molar-refractivity contribution is -0.138. The van der Waals surface area contributed by atoms with Gasteiger partial charge in [0.15, 0.2) is 0 Å². The van der Waals surface area contributed by atoms with Gasteiger partial charge in [0.1, 0.15) is 12.2 Å². The van der Waals surface area contributed by atoms with E-state index in [0.717, 1.165) is 25.7 Å². The summed E-state index contributed by atoms with van der Waals surface area (Å²) in [5.41, 5.74) is 0. The van der Waals surface area contributed by atoms with Crippen LogP contribution in [0, 0.1) is 0 Å². The second-order valence-corrected chi connectivity index (χ2v) is 13.5. The van der Waals surface area contributed by atoms with Crippen LogP contribution in [-0.4, -0.2) is 91.4 Å². The van der Waals surface area contributed by atoms with E-state index < -0.39 is 24.1 Å². The summed E-state index contributed by atoms with van der Waals surface area (Å²) in [4.78, 5) is 20.6. The first kappa shape index (κ1) is 55.5. The van der Waals surface area contributed by atoms with Crippen molar-refractivity contribution in [3.8, 4) is 0 Å². The van der Waals surface area contributed by atoms with Crippen molar-refractivity contribution >= 4 is 11.9 Å². The molecule has 0 aliphatic carbocycles. The first-order valence-corrected chi connectivity index (χ1v) is 20.4. The Labute approximate surface area is 307 Å². The van der Waals surface area contributed by atoms with E-state index in [0.29, 0.717) is 12.8 Å². The highest BCUT2D eigenvalue weighted by Gasteiger charge is 1.99. The van der Waals surface area contributed by atoms with Gasteiger partial charge in [-0.1, -0.05) is 181 Å². The zero-order valence-electron chi connectivity index (χ0n) is 32.6. The molecule has 50 heavy (non-hydrogen) atoms. The summed E-state index contributed by atoms with van der Waals surface area (Å²) in [7, 11) is 0. The molecule has 0 aromatic heterocycles. The Balaban J connectivity index is -0.000000320. The predicted octanol–water partition coefficient (Wildman–Crippen LogP) is 8.55. The quantitative estimate of drug-likeness (QED) is 0.0298. The summed E-state index contributed by atoms with van der Waals surface area (Å²) in [6, 6.07) is 0. The van der Waals surface area contributed by atoms with Crippen molar-refractivity contribution < 1.29 is 50.4 Å². The van der Waals surface area contributed by atoms with Gasteiger partial charge in [-0.15, -0.1) is 0 Å². The highest BCUT2D eigenvalue weighted by atomic mass is 16.4. The summed E-state index contributed by atoms with van der Waals surface area (Å²) in [6.07, 6.45) is 35.6. The van der Waals surface area contributed by atoms with Crippen LogP contribution in [0.15, 0.2) is 0 Å². The van der Waals surface area contributed by atoms with Gasteiger partial charge in [0.2, 0.25) is 0 Å². The van der Waals surface area contributed by atoms with Gasteiger partial charge in [0.05, 0.1) is 26.4 Å². The number of aliphatic hydroxyl groups is 6. The van der Waals surface area contributed by atoms with Crippen LogP contribution in [0.3, 0.4) is 0 Å². The molecule has 0 aromatic rings. The Morgan fingerprint density at radius 2 is 0.500 bits per heavy atom. The molecule has 10 nitrogen and oxygen atoms in total. The van der Waals surface area contributed by atoms with Gasteiger partial charge in [-0.25, -0.2) is 0 Å². The number of hydrogen-bond acceptors (Lipinski definition) is 8. The first-order chi connectivity index (χ1) is 24.2. The first-order valence-electron chi connectivity index (χ1n) is 20.4. The van der Waals surface area contributed by atoms with E-state index in [1.54, 1.807) is 0 Å². The minimum Gasteiger partial charge on any atom is -0.481 e. The SMILES string of the molecule is CCCCCCCCCCCCCCCC(=O)O.CCCCCCCCCCCCCCCCCC(=O)O.OCC(O)CO.OCC(O)CO. The molecule has 0 saturated heterocycles. The number of carboxylic acids is 2. The Hall–Kier alpha value is -1.30. The maximum absolute atomic E-state index is 10.3. The molecule has 0 bridgehead atoms. The average molecular weight is 725 g/mol. The Morgan fingerprint density at radius 3 is 0.620 bits per heavy atom. The maximum atomic E-state index is 10.3. The molecule has 0 spiro atoms. The lowest BCUT2D eigenvalue weighted by Gasteiger charge is -2.03. The maximum Gasteiger partial charge on any atom is 0.303 e. The minimum absolute atomic E-state index is 0.345. The van der Waals surface area contributed by atoms with Crippen LogP contribution < -0.4 is 0 Å². The molecule has 0 fully saturated rings. The van der Waals surface area contributed by atoms with Gasteiger partial charge in [-0.2, -0.15) is 0 Å². The summed E-state index contributed by atoms with van der Waals surface area (Å²) in [5.74, 6) is -1.31. The number of aliphatic carboxylic acids is 2. The monoisotopic (exact) mass is 725 g/mol. The highest BCUT2D eigenvalue weighted by Crippen LogP contribution is 2.14. The fourth-order valence-electron chi connectivity index (χ4n) is 5.06. The third-order valence-electron chi connectivity index (χ3n) is 8.33. The average Bonchev–Trinajstić information content (AvgIpc) is 3.11. The van der Waals surface area contributed by atoms with Crippen LogP contribution in [0.5, 0.6) is 0 Å². The smallest absolute Gasteiger partial charge is 0.303 e. The number of rotatable bonds is 34. The molecule has 0 aromatic carbocycles. The predicted molar refractivity (Wildman–Crippen MR) is 205 cm³/mol. The van der Waals surface area contributed by atoms with Gasteiger partial charge in [0, 0.05) is 12.8 Å². The lowest BCUT2D eigenvalue weighted by Crippen LogP contribution is -2.15. The molecule has 0 rings (SSSR count). The number of aliphatic hydroxyl groups excluding tert-OH is 6. The fourth-order valence-corrected chi connectivity index (χ4v) is 5.06. The van der Waals surface area contributed by atoms with Crippen molar-refractivity contribution in [3.05, 3.63) is 0 Å². The van der Waals surface area contributed by atoms with E-state index in [9.17, 15) is 9.59 Å². The number of hydrogen-bond donors (Lipinski definition) is 8. The van der Waals surface area contributed by atoms with Crippen LogP contribution in [0.2, 0.25) is 0 Å². The van der Waals surface area contributed by atoms with Crippen LogP contribution in [0.4, 0.5) is 0 Å². The van der Waals surface area contributed by atoms with Gasteiger partial charge in [0.25, 0.3) is 0 Å². The lowest BCUT2D eigenvalue weighted by atomic mass is 10.0. The van der Waals surface area contributed by atoms with Crippen molar-refractivity contribution in [2.45, 2.75) is 219 Å². The number of carbonyl (C=O) groups is 2. The second kappa shape index (κ2) is 52.1. The molecule has 0 saturated carbocycles. The molecule has 0 amide bonds. The molecule has 8 N–H and O–H groups in total. The summed E-state index contributed by atoms with van der Waals surface area (Å²) >= 11 is 0. The van der Waals surface area contributed by atoms with Gasteiger partial charge < -0.3 is 40.9 Å². The third kappa shape index (κ3) is 65.1. The minimum atomic E-state index is -0.954. The zero-order valence-corrected chi connectivity index (χ0v) is 32.6. The molecule has 0 radical (unpaired) electrons. The Morgan fingerprint density at radius 1 is 0.340 bits per heavy atom. The molecule has 0 unspecified atom stereocenters. The summed E-state index contributed by atoms with van der Waals surface area (Å²) in [5, 5.41) is 65.0. The molecular weight excluding hydrogens is 640 g/mol. The normalized spacial score (nSPS) is 10.6. The topological polar surface area (TPSA) is 196 Å². The molecule has 10 heteroatoms. The van der Waals surface area contributed by atoms with E-state index in [2.05, 4.69) is 13.8 Å². The van der Waals surface area contributed by atoms with Gasteiger partial charge in [-0.3, -0.25) is 9.59 Å².